The maximum absolute atomic E-state index is 14.2. The molecule has 0 aromatic heterocycles. The van der Waals surface area contributed by atoms with Gasteiger partial charge in [0.25, 0.3) is 0 Å². The molecule has 101 heavy (non-hydrogen) atoms. The zero-order chi connectivity index (χ0) is 74.3. The lowest BCUT2D eigenvalue weighted by Gasteiger charge is -2.61. The summed E-state index contributed by atoms with van der Waals surface area (Å²) in [5, 5.41) is 129. The second kappa shape index (κ2) is 32.9. The molecule has 5 amide bonds. The van der Waals surface area contributed by atoms with Gasteiger partial charge < -0.3 is 146 Å². The summed E-state index contributed by atoms with van der Waals surface area (Å²) in [4.78, 5) is 88.1. The molecular formula is C62H103N6O32P. The van der Waals surface area contributed by atoms with Gasteiger partial charge in [0, 0.05) is 26.4 Å². The fraction of sp³-hybridized carbons (Fsp3) is 0.903. The van der Waals surface area contributed by atoms with Crippen LogP contribution in [0.1, 0.15) is 113 Å². The summed E-state index contributed by atoms with van der Waals surface area (Å²) in [6.07, 6.45) is -37.7. The number of aliphatic carboxylic acids is 1. The van der Waals surface area contributed by atoms with Crippen LogP contribution in [0.4, 0.5) is 4.79 Å². The Morgan fingerprint density at radius 3 is 1.86 bits per heavy atom. The Morgan fingerprint density at radius 2 is 1.25 bits per heavy atom. The highest BCUT2D eigenvalue weighted by Crippen LogP contribution is 2.68. The van der Waals surface area contributed by atoms with Crippen LogP contribution in [-0.2, 0) is 89.7 Å². The molecule has 2 unspecified atom stereocenters. The predicted molar refractivity (Wildman–Crippen MR) is 335 cm³/mol. The first kappa shape index (κ1) is 81.0. The number of primary amides is 3. The standard InChI is InChI=1S/C62H103N6O32P/c1-8-26-10-12-30-29-11-9-27-19-28(13-15-61(27,6)31(29)14-16-60(26,30)5)66-17-18-88-34(53(82)83)22-90-101(86,87)100-58-48(49(99-59(65)84)62(7,85)50(98-58)52(64)81)97-55-36(68-25(4)71)39(74)46(33(93-55)21-89-56-43(78)40(75)37(72)32(20-69)92-56)95-54-35(67-24(3)70)38(73)45(23(2)91-54)94-57-44(79)41(76)42(77)47(96-57)51(63)80/h23,26-50,54-58,66,69,72-79,85H,8-22H2,1-7H3,(H2,63,80)(H2,64,81)(H2,65,84)(H,67,70)(H,68,71)(H,82,83)(H,86,87)/t23-,26+,27?,28-,29+,30+,31+,32-,33-,34-,35-,36-,37-,38-,39-,40+,41+,42-,43-,44-,45-,46-,47+,48-,49-,50-,54+,55+,56-,57-,58-,60-,61+,62+/m1/s1. The van der Waals surface area contributed by atoms with Gasteiger partial charge in [-0.3, -0.25) is 28.2 Å². The fourth-order valence-electron chi connectivity index (χ4n) is 17.6. The van der Waals surface area contributed by atoms with Gasteiger partial charge in [-0.2, -0.15) is 0 Å². The van der Waals surface area contributed by atoms with Gasteiger partial charge in [0.05, 0.1) is 32.5 Å². The highest BCUT2D eigenvalue weighted by Gasteiger charge is 2.64. The van der Waals surface area contributed by atoms with E-state index in [0.717, 1.165) is 64.2 Å². The first-order chi connectivity index (χ1) is 47.4. The number of fused-ring (bicyclic) bond motifs is 5. The average molecular weight is 1480 g/mol. The predicted octanol–water partition coefficient (Wildman–Crippen LogP) is -5.49. The summed E-state index contributed by atoms with van der Waals surface area (Å²) < 4.78 is 88.9. The number of carbonyl (C=O) groups excluding carboxylic acids is 5. The van der Waals surface area contributed by atoms with Crippen LogP contribution in [0.2, 0.25) is 0 Å². The van der Waals surface area contributed by atoms with Crippen LogP contribution in [0.3, 0.4) is 0 Å². The van der Waals surface area contributed by atoms with E-state index in [2.05, 4.69) is 36.7 Å². The minimum absolute atomic E-state index is 0.122. The van der Waals surface area contributed by atoms with E-state index in [1.54, 1.807) is 0 Å². The summed E-state index contributed by atoms with van der Waals surface area (Å²) >= 11 is 0. The number of hydrogen-bond acceptors (Lipinski definition) is 31. The third-order valence-corrected chi connectivity index (χ3v) is 23.7. The van der Waals surface area contributed by atoms with E-state index in [-0.39, 0.29) is 24.6 Å². The molecule has 4 saturated carbocycles. The van der Waals surface area contributed by atoms with Crippen molar-refractivity contribution in [1.82, 2.24) is 16.0 Å². The van der Waals surface area contributed by atoms with Crippen LogP contribution in [-0.4, -0.2) is 295 Å². The Hall–Kier alpha value is -4.11. The number of carbonyl (C=O) groups is 6. The summed E-state index contributed by atoms with van der Waals surface area (Å²) in [7, 11) is -5.81. The van der Waals surface area contributed by atoms with Crippen molar-refractivity contribution in [2.75, 3.05) is 33.0 Å². The largest absolute Gasteiger partial charge is 0.479 e. The normalized spacial score (nSPS) is 46.3. The minimum Gasteiger partial charge on any atom is -0.479 e. The molecule has 9 fully saturated rings. The molecule has 9 rings (SSSR count). The highest BCUT2D eigenvalue weighted by atomic mass is 31.2. The number of hydrogen-bond donors (Lipinski definition) is 18. The zero-order valence-electron chi connectivity index (χ0n) is 57.2. The van der Waals surface area contributed by atoms with Crippen LogP contribution in [0.25, 0.3) is 0 Å². The molecule has 9 aliphatic rings. The Balaban J connectivity index is 0.931. The van der Waals surface area contributed by atoms with Crippen LogP contribution in [0, 0.1) is 40.4 Å². The van der Waals surface area contributed by atoms with Gasteiger partial charge in [0.2, 0.25) is 23.6 Å². The van der Waals surface area contributed by atoms with Crippen molar-refractivity contribution in [2.45, 2.75) is 278 Å². The lowest BCUT2D eigenvalue weighted by atomic mass is 9.44. The number of amides is 5. The maximum Gasteiger partial charge on any atom is 0.474 e. The van der Waals surface area contributed by atoms with Crippen molar-refractivity contribution in [3.05, 3.63) is 0 Å². The molecule has 38 nitrogen and oxygen atoms in total. The molecule has 0 bridgehead atoms. The van der Waals surface area contributed by atoms with E-state index >= 15 is 0 Å². The Morgan fingerprint density at radius 1 is 0.653 bits per heavy atom. The highest BCUT2D eigenvalue weighted by molar-refractivity contribution is 7.47. The zero-order valence-corrected chi connectivity index (χ0v) is 58.1. The van der Waals surface area contributed by atoms with Crippen LogP contribution < -0.4 is 33.2 Å². The molecule has 5 saturated heterocycles. The van der Waals surface area contributed by atoms with E-state index in [0.29, 0.717) is 17.3 Å². The van der Waals surface area contributed by atoms with Gasteiger partial charge in [-0.15, -0.1) is 0 Å². The van der Waals surface area contributed by atoms with Crippen LogP contribution >= 0.6 is 7.82 Å². The van der Waals surface area contributed by atoms with E-state index in [1.165, 1.54) is 45.4 Å². The van der Waals surface area contributed by atoms with E-state index in [4.69, 9.17) is 78.4 Å². The first-order valence-corrected chi connectivity index (χ1v) is 35.8. The second-order valence-electron chi connectivity index (χ2n) is 29.1. The van der Waals surface area contributed by atoms with E-state index < -0.39 is 222 Å². The monoisotopic (exact) mass is 1470 g/mol. The van der Waals surface area contributed by atoms with Crippen molar-refractivity contribution in [3.8, 4) is 0 Å². The molecular weight excluding hydrogens is 1370 g/mol. The Kier molecular flexibility index (Phi) is 26.4. The van der Waals surface area contributed by atoms with Gasteiger partial charge in [-0.25, -0.2) is 14.2 Å². The summed E-state index contributed by atoms with van der Waals surface area (Å²) in [5.41, 5.74) is 14.2. The summed E-state index contributed by atoms with van der Waals surface area (Å²) in [6, 6.07) is -3.76. The van der Waals surface area contributed by atoms with Gasteiger partial charge >= 0.3 is 19.9 Å². The van der Waals surface area contributed by atoms with Gasteiger partial charge in [0.1, 0.15) is 90.9 Å². The number of nitrogens with two attached hydrogens (primary N) is 3. The van der Waals surface area contributed by atoms with Gasteiger partial charge in [-0.1, -0.05) is 27.2 Å². The van der Waals surface area contributed by atoms with Crippen molar-refractivity contribution < 1.29 is 156 Å². The molecule has 21 N–H and O–H groups in total. The van der Waals surface area contributed by atoms with Crippen molar-refractivity contribution >= 4 is 43.5 Å². The number of phosphoric ester groups is 1. The van der Waals surface area contributed by atoms with E-state index in [1.807, 2.05) is 0 Å². The average Bonchev–Trinajstić information content (AvgIpc) is 1.65. The number of ether oxygens (including phenoxy) is 11. The first-order valence-electron chi connectivity index (χ1n) is 34.3. The quantitative estimate of drug-likeness (QED) is 0.0269. The molecule has 0 aromatic rings. The number of aliphatic hydroxyl groups is 10. The SMILES string of the molecule is CC[C@H]1CC[C@H]2[C@@H]3CCC4C[C@H](NCCO[C@H](COP(=O)(O)O[C@H]5O[C@H](C(N)=O)[C@@](C)(O)[C@H](OC(N)=O)[C@H]5O[C@@H]5O[C@H](CO[C@@H]6O[C@H](CO)[C@@H](O)[C@H](O)[C@H]6O)[C@@H](O[C@@H]6O[C@H](C)[C@@H](O[C@@H]7O[C@H](C(N)=O)[C@H](O)[C@H](O)[C@H]7O)[C@H](O)[C@H]6NC(C)=O)[C@H](O)[C@H]5NC(C)=O)C(=O)O)CC[C@]4(C)[C@H]3CC[C@]12C. The number of carboxylic acid groups (broad SMARTS) is 1. The molecule has 4 aliphatic carbocycles. The minimum atomic E-state index is -5.81. The van der Waals surface area contributed by atoms with E-state index in [9.17, 15) is 94.4 Å². The van der Waals surface area contributed by atoms with Gasteiger partial charge in [-0.05, 0) is 112 Å². The Bertz CT molecular complexity index is 2930. The number of aliphatic hydroxyl groups excluding tert-OH is 9. The lowest BCUT2D eigenvalue weighted by molar-refractivity contribution is -0.375. The van der Waals surface area contributed by atoms with Crippen LogP contribution in [0.15, 0.2) is 0 Å². The topological polar surface area (TPSA) is 596 Å². The number of nitrogens with one attached hydrogen (secondary N) is 3. The molecule has 5 aliphatic heterocycles. The molecule has 0 aromatic carbocycles. The number of rotatable bonds is 27. The third kappa shape index (κ3) is 17.3. The molecule has 0 spiro atoms. The smallest absolute Gasteiger partial charge is 0.474 e. The molecule has 35 atom stereocenters. The molecule has 5 heterocycles. The number of phosphoric acid groups is 1. The molecule has 578 valence electrons. The maximum atomic E-state index is 14.2. The van der Waals surface area contributed by atoms with Crippen molar-refractivity contribution in [3.63, 3.8) is 0 Å². The fourth-order valence-corrected chi connectivity index (χ4v) is 18.4. The van der Waals surface area contributed by atoms with Crippen molar-refractivity contribution in [2.24, 2.45) is 57.6 Å². The summed E-state index contributed by atoms with van der Waals surface area (Å²) in [6.45, 7) is 8.14. The van der Waals surface area contributed by atoms with Gasteiger partial charge in [0.15, 0.2) is 62.0 Å². The number of carboxylic acids is 1. The van der Waals surface area contributed by atoms with Crippen LogP contribution in [0.5, 0.6) is 0 Å². The molecule has 0 radical (unpaired) electrons. The lowest BCUT2D eigenvalue weighted by Crippen LogP contribution is -2.72. The van der Waals surface area contributed by atoms with Crippen molar-refractivity contribution in [1.29, 1.82) is 0 Å². The third-order valence-electron chi connectivity index (χ3n) is 22.8. The molecule has 39 heteroatoms. The Labute approximate surface area is 581 Å². The summed E-state index contributed by atoms with van der Waals surface area (Å²) in [5.74, 6) is -2.87. The second-order valence-corrected chi connectivity index (χ2v) is 30.5.